The van der Waals surface area contributed by atoms with Gasteiger partial charge in [-0.3, -0.25) is 4.79 Å². The van der Waals surface area contributed by atoms with E-state index in [0.717, 1.165) is 16.9 Å². The van der Waals surface area contributed by atoms with E-state index in [4.69, 9.17) is 0 Å². The van der Waals surface area contributed by atoms with Gasteiger partial charge in [0.05, 0.1) is 5.41 Å². The average molecular weight is 269 g/mol. The summed E-state index contributed by atoms with van der Waals surface area (Å²) in [5, 5.41) is 9.45. The van der Waals surface area contributed by atoms with E-state index in [1.165, 1.54) is 0 Å². The molecule has 0 amide bonds. The lowest BCUT2D eigenvalue weighted by atomic mass is 9.83. The fourth-order valence-electron chi connectivity index (χ4n) is 2.20. The van der Waals surface area contributed by atoms with Crippen molar-refractivity contribution in [1.82, 2.24) is 0 Å². The predicted molar refractivity (Wildman–Crippen MR) is 81.6 cm³/mol. The van der Waals surface area contributed by atoms with Gasteiger partial charge in [0.25, 0.3) is 0 Å². The zero-order valence-corrected chi connectivity index (χ0v) is 12.0. The van der Waals surface area contributed by atoms with E-state index in [0.29, 0.717) is 0 Å². The van der Waals surface area contributed by atoms with Crippen LogP contribution in [0.1, 0.15) is 19.4 Å². The second-order valence-corrected chi connectivity index (χ2v) is 5.34. The third-order valence-electron chi connectivity index (χ3n) is 3.62. The molecular formula is C17H19NO2. The Kier molecular flexibility index (Phi) is 3.79. The summed E-state index contributed by atoms with van der Waals surface area (Å²) in [7, 11) is 1.95. The molecule has 0 aromatic heterocycles. The second kappa shape index (κ2) is 5.37. The highest BCUT2D eigenvalue weighted by Crippen LogP contribution is 2.35. The summed E-state index contributed by atoms with van der Waals surface area (Å²) in [6.45, 7) is 3.46. The van der Waals surface area contributed by atoms with E-state index in [1.54, 1.807) is 13.8 Å². The van der Waals surface area contributed by atoms with Gasteiger partial charge in [-0.2, -0.15) is 0 Å². The van der Waals surface area contributed by atoms with Gasteiger partial charge >= 0.3 is 5.97 Å². The van der Waals surface area contributed by atoms with Crippen LogP contribution in [0.5, 0.6) is 0 Å². The first-order valence-corrected chi connectivity index (χ1v) is 6.56. The molecule has 2 aromatic carbocycles. The van der Waals surface area contributed by atoms with E-state index in [-0.39, 0.29) is 0 Å². The maximum Gasteiger partial charge on any atom is 0.313 e. The van der Waals surface area contributed by atoms with Crippen LogP contribution in [-0.4, -0.2) is 18.1 Å². The van der Waals surface area contributed by atoms with Gasteiger partial charge < -0.3 is 10.0 Å². The predicted octanol–water partition coefficient (Wildman–Crippen LogP) is 3.82. The van der Waals surface area contributed by atoms with E-state index in [2.05, 4.69) is 0 Å². The molecule has 2 rings (SSSR count). The summed E-state index contributed by atoms with van der Waals surface area (Å²) < 4.78 is 0. The Balaban J connectivity index is 2.51. The topological polar surface area (TPSA) is 40.5 Å². The summed E-state index contributed by atoms with van der Waals surface area (Å²) in [4.78, 5) is 13.5. The molecule has 0 radical (unpaired) electrons. The fraction of sp³-hybridized carbons (Fsp3) is 0.235. The molecule has 0 unspecified atom stereocenters. The smallest absolute Gasteiger partial charge is 0.313 e. The number of nitrogens with zero attached hydrogens (tertiary/aromatic N) is 1. The summed E-state index contributed by atoms with van der Waals surface area (Å²) in [5.74, 6) is -0.827. The van der Waals surface area contributed by atoms with E-state index >= 15 is 0 Å². The molecule has 2 aromatic rings. The minimum atomic E-state index is -0.931. The highest BCUT2D eigenvalue weighted by Gasteiger charge is 2.32. The van der Waals surface area contributed by atoms with E-state index in [1.807, 2.05) is 66.5 Å². The Morgan fingerprint density at radius 3 is 2.15 bits per heavy atom. The maximum absolute atomic E-state index is 11.5. The third kappa shape index (κ3) is 2.52. The molecule has 0 heterocycles. The van der Waals surface area contributed by atoms with Gasteiger partial charge in [-0.05, 0) is 37.6 Å². The van der Waals surface area contributed by atoms with Crippen molar-refractivity contribution in [3.63, 3.8) is 0 Å². The molecule has 0 spiro atoms. The van der Waals surface area contributed by atoms with Crippen LogP contribution in [0.4, 0.5) is 11.4 Å². The third-order valence-corrected chi connectivity index (χ3v) is 3.62. The molecule has 0 aliphatic heterocycles. The Morgan fingerprint density at radius 2 is 1.55 bits per heavy atom. The molecule has 3 nitrogen and oxygen atoms in total. The van der Waals surface area contributed by atoms with Crippen LogP contribution in [0.3, 0.4) is 0 Å². The molecule has 3 heteroatoms. The molecule has 0 aliphatic carbocycles. The van der Waals surface area contributed by atoms with Crippen molar-refractivity contribution in [1.29, 1.82) is 0 Å². The normalized spacial score (nSPS) is 11.2. The van der Waals surface area contributed by atoms with Crippen LogP contribution in [0.15, 0.2) is 54.6 Å². The van der Waals surface area contributed by atoms with Crippen molar-refractivity contribution >= 4 is 17.3 Å². The molecule has 0 saturated heterocycles. The Hall–Kier alpha value is -2.29. The number of benzene rings is 2. The lowest BCUT2D eigenvalue weighted by Crippen LogP contribution is -2.30. The maximum atomic E-state index is 11.5. The van der Waals surface area contributed by atoms with Crippen molar-refractivity contribution in [2.75, 3.05) is 11.9 Å². The SMILES string of the molecule is CN(c1ccccc1)c1ccccc1C(C)(C)C(=O)O. The lowest BCUT2D eigenvalue weighted by Gasteiger charge is -2.28. The highest BCUT2D eigenvalue weighted by atomic mass is 16.4. The molecule has 0 fully saturated rings. The standard InChI is InChI=1S/C17H19NO2/c1-17(2,16(19)20)14-11-7-8-12-15(14)18(3)13-9-5-4-6-10-13/h4-12H,1-3H3,(H,19,20). The minimum Gasteiger partial charge on any atom is -0.481 e. The molecule has 1 N–H and O–H groups in total. The number of hydrogen-bond acceptors (Lipinski definition) is 2. The zero-order valence-electron chi connectivity index (χ0n) is 12.0. The van der Waals surface area contributed by atoms with E-state index < -0.39 is 11.4 Å². The molecule has 0 bridgehead atoms. The first-order valence-electron chi connectivity index (χ1n) is 6.56. The lowest BCUT2D eigenvalue weighted by molar-refractivity contribution is -0.142. The number of anilines is 2. The first kappa shape index (κ1) is 14.1. The summed E-state index contributed by atoms with van der Waals surface area (Å²) in [6.07, 6.45) is 0. The molecule has 0 aliphatic rings. The Labute approximate surface area is 119 Å². The number of rotatable bonds is 4. The Morgan fingerprint density at radius 1 is 1.00 bits per heavy atom. The molecule has 104 valence electrons. The van der Waals surface area contributed by atoms with Crippen LogP contribution < -0.4 is 4.90 Å². The molecule has 0 atom stereocenters. The average Bonchev–Trinajstić information content (AvgIpc) is 2.47. The largest absolute Gasteiger partial charge is 0.481 e. The van der Waals surface area contributed by atoms with Crippen LogP contribution in [0, 0.1) is 0 Å². The van der Waals surface area contributed by atoms with Crippen LogP contribution in [0.2, 0.25) is 0 Å². The van der Waals surface area contributed by atoms with Gasteiger partial charge in [0.15, 0.2) is 0 Å². The number of carbonyl (C=O) groups is 1. The minimum absolute atomic E-state index is 0.804. The van der Waals surface area contributed by atoms with Crippen molar-refractivity contribution < 1.29 is 9.90 Å². The van der Waals surface area contributed by atoms with Crippen LogP contribution in [0.25, 0.3) is 0 Å². The van der Waals surface area contributed by atoms with Crippen molar-refractivity contribution in [2.45, 2.75) is 19.3 Å². The number of hydrogen-bond donors (Lipinski definition) is 1. The Bertz CT molecular complexity index is 605. The fourth-order valence-corrected chi connectivity index (χ4v) is 2.20. The summed E-state index contributed by atoms with van der Waals surface area (Å²) >= 11 is 0. The van der Waals surface area contributed by atoms with E-state index in [9.17, 15) is 9.90 Å². The molecular weight excluding hydrogens is 250 g/mol. The van der Waals surface area contributed by atoms with Gasteiger partial charge in [0, 0.05) is 18.4 Å². The summed E-state index contributed by atoms with van der Waals surface area (Å²) in [5.41, 5.74) is 1.81. The van der Waals surface area contributed by atoms with Crippen LogP contribution in [-0.2, 0) is 10.2 Å². The number of carboxylic acid groups (broad SMARTS) is 1. The highest BCUT2D eigenvalue weighted by molar-refractivity contribution is 5.84. The zero-order chi connectivity index (χ0) is 14.8. The van der Waals surface area contributed by atoms with Crippen molar-refractivity contribution in [3.8, 4) is 0 Å². The van der Waals surface area contributed by atoms with Crippen LogP contribution >= 0.6 is 0 Å². The molecule has 0 saturated carbocycles. The van der Waals surface area contributed by atoms with Crippen molar-refractivity contribution in [3.05, 3.63) is 60.2 Å². The summed E-state index contributed by atoms with van der Waals surface area (Å²) in [6, 6.07) is 17.5. The van der Waals surface area contributed by atoms with Gasteiger partial charge in [-0.1, -0.05) is 36.4 Å². The quantitative estimate of drug-likeness (QED) is 0.917. The number of para-hydroxylation sites is 2. The first-order chi connectivity index (χ1) is 9.44. The molecule has 20 heavy (non-hydrogen) atoms. The van der Waals surface area contributed by atoms with Gasteiger partial charge in [-0.25, -0.2) is 0 Å². The number of carboxylic acids is 1. The van der Waals surface area contributed by atoms with Gasteiger partial charge in [0.1, 0.15) is 0 Å². The monoisotopic (exact) mass is 269 g/mol. The second-order valence-electron chi connectivity index (χ2n) is 5.34. The number of aliphatic carboxylic acids is 1. The van der Waals surface area contributed by atoms with Gasteiger partial charge in [0.2, 0.25) is 0 Å². The van der Waals surface area contributed by atoms with Crippen molar-refractivity contribution in [2.24, 2.45) is 0 Å². The van der Waals surface area contributed by atoms with Gasteiger partial charge in [-0.15, -0.1) is 0 Å².